The Kier molecular flexibility index (Phi) is 8.62. The molecule has 2 aromatic rings. The minimum Gasteiger partial charge on any atom is -0.462 e. The summed E-state index contributed by atoms with van der Waals surface area (Å²) in [7, 11) is 0. The number of para-hydroxylation sites is 1. The molecule has 0 atom stereocenters. The lowest BCUT2D eigenvalue weighted by Gasteiger charge is -2.22. The third-order valence-electron chi connectivity index (χ3n) is 5.24. The highest BCUT2D eigenvalue weighted by Gasteiger charge is 2.22. The summed E-state index contributed by atoms with van der Waals surface area (Å²) < 4.78 is 5.07. The van der Waals surface area contributed by atoms with Crippen molar-refractivity contribution < 1.29 is 19.1 Å². The monoisotopic (exact) mass is 438 g/mol. The van der Waals surface area contributed by atoms with E-state index in [4.69, 9.17) is 4.74 Å². The van der Waals surface area contributed by atoms with Gasteiger partial charge >= 0.3 is 12.0 Å². The Morgan fingerprint density at radius 1 is 0.938 bits per heavy atom. The zero-order valence-electron chi connectivity index (χ0n) is 18.4. The molecule has 8 heteroatoms. The number of carbonyl (C=O) groups excluding carboxylic acids is 3. The van der Waals surface area contributed by atoms with Crippen LogP contribution < -0.4 is 10.6 Å². The molecule has 3 amide bonds. The molecular weight excluding hydrogens is 408 g/mol. The predicted octanol–water partition coefficient (Wildman–Crippen LogP) is 2.72. The van der Waals surface area contributed by atoms with Crippen molar-refractivity contribution in [3.63, 3.8) is 0 Å². The molecule has 0 aromatic heterocycles. The lowest BCUT2D eigenvalue weighted by Crippen LogP contribution is -2.41. The molecule has 0 radical (unpaired) electrons. The number of hydrogen-bond donors (Lipinski definition) is 2. The molecule has 1 aliphatic heterocycles. The van der Waals surface area contributed by atoms with E-state index in [1.165, 1.54) is 0 Å². The van der Waals surface area contributed by atoms with E-state index in [9.17, 15) is 14.4 Å². The number of esters is 1. The standard InChI is InChI=1S/C24H30N4O4/c1-2-32-23(30)20-11-6-7-12-21(20)26-24(31)28-14-8-13-27(15-16-28)18-22(29)25-17-19-9-4-3-5-10-19/h3-7,9-12H,2,8,13-18H2,1H3,(H,25,29)(H,26,31). The Labute approximate surface area is 188 Å². The van der Waals surface area contributed by atoms with Crippen LogP contribution in [0.3, 0.4) is 0 Å². The fourth-order valence-corrected chi connectivity index (χ4v) is 3.56. The number of carbonyl (C=O) groups is 3. The highest BCUT2D eigenvalue weighted by Crippen LogP contribution is 2.17. The fraction of sp³-hybridized carbons (Fsp3) is 0.375. The number of nitrogens with one attached hydrogen (secondary N) is 2. The van der Waals surface area contributed by atoms with Gasteiger partial charge in [0, 0.05) is 32.7 Å². The molecule has 0 unspecified atom stereocenters. The van der Waals surface area contributed by atoms with Gasteiger partial charge < -0.3 is 20.3 Å². The van der Waals surface area contributed by atoms with E-state index in [0.29, 0.717) is 44.0 Å². The van der Waals surface area contributed by atoms with Crippen LogP contribution >= 0.6 is 0 Å². The topological polar surface area (TPSA) is 91.0 Å². The number of benzene rings is 2. The maximum absolute atomic E-state index is 12.8. The minimum atomic E-state index is -0.466. The van der Waals surface area contributed by atoms with E-state index in [-0.39, 0.29) is 18.5 Å². The highest BCUT2D eigenvalue weighted by atomic mass is 16.5. The average Bonchev–Trinajstić information content (AvgIpc) is 3.04. The van der Waals surface area contributed by atoms with Crippen LogP contribution in [0.4, 0.5) is 10.5 Å². The van der Waals surface area contributed by atoms with Gasteiger partial charge in [-0.1, -0.05) is 42.5 Å². The molecule has 0 bridgehead atoms. The van der Waals surface area contributed by atoms with Crippen molar-refractivity contribution in [2.24, 2.45) is 0 Å². The van der Waals surface area contributed by atoms with E-state index >= 15 is 0 Å². The zero-order chi connectivity index (χ0) is 22.8. The molecule has 2 aromatic carbocycles. The first-order valence-corrected chi connectivity index (χ1v) is 10.9. The van der Waals surface area contributed by atoms with Crippen LogP contribution in [0.2, 0.25) is 0 Å². The molecule has 3 rings (SSSR count). The number of urea groups is 1. The van der Waals surface area contributed by atoms with E-state index in [0.717, 1.165) is 18.5 Å². The molecule has 0 spiro atoms. The third kappa shape index (κ3) is 6.81. The van der Waals surface area contributed by atoms with Gasteiger partial charge in [0.05, 0.1) is 24.4 Å². The Morgan fingerprint density at radius 2 is 1.69 bits per heavy atom. The third-order valence-corrected chi connectivity index (χ3v) is 5.24. The molecule has 1 saturated heterocycles. The van der Waals surface area contributed by atoms with Gasteiger partial charge in [0.1, 0.15) is 0 Å². The van der Waals surface area contributed by atoms with Crippen molar-refractivity contribution in [2.45, 2.75) is 19.9 Å². The summed E-state index contributed by atoms with van der Waals surface area (Å²) in [6.45, 7) is 5.23. The van der Waals surface area contributed by atoms with Gasteiger partial charge in [-0.25, -0.2) is 9.59 Å². The number of ether oxygens (including phenoxy) is 1. The van der Waals surface area contributed by atoms with Crippen molar-refractivity contribution >= 4 is 23.6 Å². The van der Waals surface area contributed by atoms with Gasteiger partial charge in [-0.05, 0) is 31.0 Å². The zero-order valence-corrected chi connectivity index (χ0v) is 18.4. The molecule has 1 aliphatic rings. The first-order chi connectivity index (χ1) is 15.6. The molecule has 0 aliphatic carbocycles. The van der Waals surface area contributed by atoms with Gasteiger partial charge in [0.2, 0.25) is 5.91 Å². The lowest BCUT2D eigenvalue weighted by atomic mass is 10.2. The number of rotatable bonds is 7. The fourth-order valence-electron chi connectivity index (χ4n) is 3.56. The second kappa shape index (κ2) is 11.9. The van der Waals surface area contributed by atoms with Crippen LogP contribution in [0.25, 0.3) is 0 Å². The van der Waals surface area contributed by atoms with Gasteiger partial charge in [-0.3, -0.25) is 9.69 Å². The summed E-state index contributed by atoms with van der Waals surface area (Å²) in [5.41, 5.74) is 1.81. The first kappa shape index (κ1) is 23.3. The average molecular weight is 439 g/mol. The SMILES string of the molecule is CCOC(=O)c1ccccc1NC(=O)N1CCCN(CC(=O)NCc2ccccc2)CC1. The van der Waals surface area contributed by atoms with Crippen molar-refractivity contribution in [1.82, 2.24) is 15.1 Å². The summed E-state index contributed by atoms with van der Waals surface area (Å²) in [6.07, 6.45) is 0.763. The largest absolute Gasteiger partial charge is 0.462 e. The van der Waals surface area contributed by atoms with E-state index in [1.807, 2.05) is 30.3 Å². The minimum absolute atomic E-state index is 0.0323. The van der Waals surface area contributed by atoms with Crippen molar-refractivity contribution in [3.05, 3.63) is 65.7 Å². The van der Waals surface area contributed by atoms with Crippen LogP contribution in [0.15, 0.2) is 54.6 Å². The molecule has 8 nitrogen and oxygen atoms in total. The van der Waals surface area contributed by atoms with Gasteiger partial charge in [-0.15, -0.1) is 0 Å². The summed E-state index contributed by atoms with van der Waals surface area (Å²) in [5.74, 6) is -0.498. The second-order valence-corrected chi connectivity index (χ2v) is 7.58. The normalized spacial score (nSPS) is 14.3. The maximum Gasteiger partial charge on any atom is 0.340 e. The van der Waals surface area contributed by atoms with Crippen LogP contribution in [-0.2, 0) is 16.1 Å². The Bertz CT molecular complexity index is 919. The van der Waals surface area contributed by atoms with Crippen LogP contribution in [-0.4, -0.2) is 67.0 Å². The quantitative estimate of drug-likeness (QED) is 0.649. The van der Waals surface area contributed by atoms with Gasteiger partial charge in [0.25, 0.3) is 0 Å². The molecule has 2 N–H and O–H groups in total. The van der Waals surface area contributed by atoms with E-state index in [2.05, 4.69) is 15.5 Å². The molecule has 170 valence electrons. The van der Waals surface area contributed by atoms with Crippen LogP contribution in [0.1, 0.15) is 29.3 Å². The molecular formula is C24H30N4O4. The van der Waals surface area contributed by atoms with Gasteiger partial charge in [-0.2, -0.15) is 0 Å². The van der Waals surface area contributed by atoms with Crippen LogP contribution in [0, 0.1) is 0 Å². The second-order valence-electron chi connectivity index (χ2n) is 7.58. The predicted molar refractivity (Wildman–Crippen MR) is 122 cm³/mol. The molecule has 1 heterocycles. The Balaban J connectivity index is 1.49. The number of amides is 3. The summed E-state index contributed by atoms with van der Waals surface area (Å²) in [5, 5.41) is 5.77. The number of nitrogens with zero attached hydrogens (tertiary/aromatic N) is 2. The molecule has 0 saturated carbocycles. The summed E-state index contributed by atoms with van der Waals surface area (Å²) in [6, 6.07) is 16.3. The maximum atomic E-state index is 12.8. The van der Waals surface area contributed by atoms with Crippen LogP contribution in [0.5, 0.6) is 0 Å². The van der Waals surface area contributed by atoms with Crippen molar-refractivity contribution in [2.75, 3.05) is 44.6 Å². The number of anilines is 1. The van der Waals surface area contributed by atoms with Gasteiger partial charge in [0.15, 0.2) is 0 Å². The molecule has 32 heavy (non-hydrogen) atoms. The molecule has 1 fully saturated rings. The van der Waals surface area contributed by atoms with E-state index in [1.54, 1.807) is 36.1 Å². The highest BCUT2D eigenvalue weighted by molar-refractivity contribution is 6.00. The first-order valence-electron chi connectivity index (χ1n) is 10.9. The number of hydrogen-bond acceptors (Lipinski definition) is 5. The Morgan fingerprint density at radius 3 is 2.47 bits per heavy atom. The van der Waals surface area contributed by atoms with Crippen molar-refractivity contribution in [3.8, 4) is 0 Å². The lowest BCUT2D eigenvalue weighted by molar-refractivity contribution is -0.122. The van der Waals surface area contributed by atoms with Crippen molar-refractivity contribution in [1.29, 1.82) is 0 Å². The summed E-state index contributed by atoms with van der Waals surface area (Å²) in [4.78, 5) is 41.0. The van der Waals surface area contributed by atoms with E-state index < -0.39 is 5.97 Å². The summed E-state index contributed by atoms with van der Waals surface area (Å²) >= 11 is 0. The smallest absolute Gasteiger partial charge is 0.340 e. The Hall–Kier alpha value is -3.39.